The van der Waals surface area contributed by atoms with Crippen molar-refractivity contribution >= 4 is 5.97 Å². The minimum absolute atomic E-state index is 0.0627. The van der Waals surface area contributed by atoms with Crippen molar-refractivity contribution in [1.82, 2.24) is 0 Å². The molecule has 2 aliphatic heterocycles. The van der Waals surface area contributed by atoms with Crippen LogP contribution in [0.1, 0.15) is 200 Å². The molecule has 11 unspecified atom stereocenters. The lowest BCUT2D eigenvalue weighted by molar-refractivity contribution is -0.332. The average Bonchev–Trinajstić information content (AvgIpc) is 3.29. The van der Waals surface area contributed by atoms with E-state index in [4.69, 9.17) is 28.4 Å². The molecule has 0 bridgehead atoms. The molecule has 0 spiro atoms. The summed E-state index contributed by atoms with van der Waals surface area (Å²) < 4.78 is 34.3. The van der Waals surface area contributed by atoms with E-state index < -0.39 is 80.7 Å². The van der Waals surface area contributed by atoms with Gasteiger partial charge in [0.25, 0.3) is 0 Å². The number of aliphatic hydroxyl groups is 7. The van der Waals surface area contributed by atoms with Crippen LogP contribution in [0.15, 0.2) is 12.2 Å². The third-order valence-corrected chi connectivity index (χ3v) is 12.5. The molecule has 378 valence electrons. The number of carbonyl (C=O) groups excluding carboxylic acids is 1. The highest BCUT2D eigenvalue weighted by Crippen LogP contribution is 2.26. The Morgan fingerprint density at radius 1 is 0.500 bits per heavy atom. The summed E-state index contributed by atoms with van der Waals surface area (Å²) >= 11 is 0. The van der Waals surface area contributed by atoms with E-state index in [0.717, 1.165) is 44.9 Å². The molecule has 0 aromatic carbocycles. The monoisotopic (exact) mass is 919 g/mol. The van der Waals surface area contributed by atoms with Crippen molar-refractivity contribution in [3.05, 3.63) is 12.2 Å². The zero-order valence-electron chi connectivity index (χ0n) is 40.0. The van der Waals surface area contributed by atoms with Crippen LogP contribution in [0.5, 0.6) is 0 Å². The van der Waals surface area contributed by atoms with Crippen LogP contribution in [-0.2, 0) is 33.2 Å². The van der Waals surface area contributed by atoms with Gasteiger partial charge in [-0.15, -0.1) is 0 Å². The molecular weight excluding hydrogens is 825 g/mol. The Morgan fingerprint density at radius 3 is 1.42 bits per heavy atom. The fraction of sp³-hybridized carbons (Fsp3) is 0.940. The van der Waals surface area contributed by atoms with E-state index in [2.05, 4.69) is 26.0 Å². The maximum absolute atomic E-state index is 13.0. The van der Waals surface area contributed by atoms with E-state index in [-0.39, 0.29) is 25.6 Å². The molecular formula is C50H94O14. The summed E-state index contributed by atoms with van der Waals surface area (Å²) in [6.45, 7) is 3.69. The number of carbonyl (C=O) groups is 1. The average molecular weight is 919 g/mol. The van der Waals surface area contributed by atoms with Gasteiger partial charge in [0.2, 0.25) is 0 Å². The maximum atomic E-state index is 13.0. The number of aliphatic hydroxyl groups excluding tert-OH is 7. The Hall–Kier alpha value is -1.27. The third kappa shape index (κ3) is 26.3. The molecule has 0 aliphatic carbocycles. The minimum atomic E-state index is -1.70. The predicted molar refractivity (Wildman–Crippen MR) is 247 cm³/mol. The van der Waals surface area contributed by atoms with Crippen molar-refractivity contribution < 1.29 is 69.0 Å². The van der Waals surface area contributed by atoms with Crippen LogP contribution in [0.2, 0.25) is 0 Å². The number of allylic oxidation sites excluding steroid dienone is 2. The number of ether oxygens (including phenoxy) is 6. The molecule has 14 heteroatoms. The highest BCUT2D eigenvalue weighted by molar-refractivity contribution is 5.69. The van der Waals surface area contributed by atoms with Gasteiger partial charge in [0.15, 0.2) is 12.6 Å². The lowest BCUT2D eigenvalue weighted by Crippen LogP contribution is -2.61. The van der Waals surface area contributed by atoms with Crippen LogP contribution >= 0.6 is 0 Å². The van der Waals surface area contributed by atoms with Crippen LogP contribution in [0, 0.1) is 0 Å². The highest BCUT2D eigenvalue weighted by atomic mass is 16.7. The fourth-order valence-electron chi connectivity index (χ4n) is 8.28. The lowest BCUT2D eigenvalue weighted by atomic mass is 9.98. The first-order valence-electron chi connectivity index (χ1n) is 25.8. The largest absolute Gasteiger partial charge is 0.457 e. The van der Waals surface area contributed by atoms with E-state index >= 15 is 0 Å². The van der Waals surface area contributed by atoms with Crippen LogP contribution in [0.3, 0.4) is 0 Å². The first-order chi connectivity index (χ1) is 31.1. The summed E-state index contributed by atoms with van der Waals surface area (Å²) in [4.78, 5) is 13.0. The summed E-state index contributed by atoms with van der Waals surface area (Å²) in [5.41, 5.74) is 0. The van der Waals surface area contributed by atoms with Crippen molar-refractivity contribution in [3.63, 3.8) is 0 Å². The molecule has 2 aliphatic rings. The molecule has 2 fully saturated rings. The minimum Gasteiger partial charge on any atom is -0.457 e. The summed E-state index contributed by atoms with van der Waals surface area (Å²) in [6, 6.07) is 0. The second-order valence-electron chi connectivity index (χ2n) is 18.3. The first-order valence-corrected chi connectivity index (χ1v) is 25.8. The second-order valence-corrected chi connectivity index (χ2v) is 18.3. The number of hydrogen-bond donors (Lipinski definition) is 7. The Balaban J connectivity index is 1.77. The van der Waals surface area contributed by atoms with Gasteiger partial charge >= 0.3 is 5.97 Å². The second kappa shape index (κ2) is 38.7. The van der Waals surface area contributed by atoms with Gasteiger partial charge in [-0.05, 0) is 38.5 Å². The third-order valence-electron chi connectivity index (χ3n) is 12.5. The fourth-order valence-corrected chi connectivity index (χ4v) is 8.28. The van der Waals surface area contributed by atoms with Crippen LogP contribution in [0.25, 0.3) is 0 Å². The Labute approximate surface area is 386 Å². The predicted octanol–water partition coefficient (Wildman–Crippen LogP) is 7.46. The molecule has 0 radical (unpaired) electrons. The standard InChI is InChI=1S/C50H94O14/c1-3-5-7-9-11-13-15-17-19-20-22-24-26-28-30-32-34-59-36-39(62-42(52)33-31-29-27-25-23-21-18-16-14-12-10-8-6-4-2)37-60-49-48(58)46(56)44(54)41(64-49)38-61-50-47(57)45(55)43(53)40(35-51)63-50/h17,19,39-41,43-51,53-58H,3-16,18,20-38H2,1-2H3/b19-17-. The molecule has 7 N–H and O–H groups in total. The van der Waals surface area contributed by atoms with Gasteiger partial charge in [-0.1, -0.05) is 167 Å². The van der Waals surface area contributed by atoms with Gasteiger partial charge in [-0.2, -0.15) is 0 Å². The van der Waals surface area contributed by atoms with Gasteiger partial charge in [0, 0.05) is 13.0 Å². The molecule has 0 amide bonds. The van der Waals surface area contributed by atoms with Gasteiger partial charge in [-0.25, -0.2) is 0 Å². The van der Waals surface area contributed by atoms with E-state index in [1.54, 1.807) is 0 Å². The normalized spacial score (nSPS) is 26.8. The number of rotatable bonds is 41. The van der Waals surface area contributed by atoms with Crippen LogP contribution in [-0.4, -0.2) is 142 Å². The number of hydrogen-bond acceptors (Lipinski definition) is 14. The van der Waals surface area contributed by atoms with Gasteiger partial charge in [0.1, 0.15) is 54.9 Å². The molecule has 14 nitrogen and oxygen atoms in total. The van der Waals surface area contributed by atoms with E-state index in [0.29, 0.717) is 13.0 Å². The summed E-state index contributed by atoms with van der Waals surface area (Å²) in [5, 5.41) is 72.1. The van der Waals surface area contributed by atoms with Gasteiger partial charge in [0.05, 0.1) is 26.4 Å². The molecule has 0 aromatic rings. The summed E-state index contributed by atoms with van der Waals surface area (Å²) in [7, 11) is 0. The van der Waals surface area contributed by atoms with Crippen molar-refractivity contribution in [1.29, 1.82) is 0 Å². The maximum Gasteiger partial charge on any atom is 0.306 e. The van der Waals surface area contributed by atoms with Crippen molar-refractivity contribution in [2.24, 2.45) is 0 Å². The zero-order chi connectivity index (χ0) is 46.6. The molecule has 2 saturated heterocycles. The lowest BCUT2D eigenvalue weighted by Gasteiger charge is -2.42. The first kappa shape index (κ1) is 58.9. The number of esters is 1. The van der Waals surface area contributed by atoms with Gasteiger partial charge in [-0.3, -0.25) is 4.79 Å². The van der Waals surface area contributed by atoms with E-state index in [1.165, 1.54) is 128 Å². The Kier molecular flexibility index (Phi) is 35.6. The van der Waals surface area contributed by atoms with Gasteiger partial charge < -0.3 is 64.2 Å². The molecule has 2 rings (SSSR count). The summed E-state index contributed by atoms with van der Waals surface area (Å²) in [5.74, 6) is -0.375. The van der Waals surface area contributed by atoms with E-state index in [9.17, 15) is 40.5 Å². The Morgan fingerprint density at radius 2 is 0.922 bits per heavy atom. The zero-order valence-corrected chi connectivity index (χ0v) is 40.0. The van der Waals surface area contributed by atoms with E-state index in [1.807, 2.05) is 0 Å². The highest BCUT2D eigenvalue weighted by Gasteiger charge is 2.47. The topological polar surface area (TPSA) is 214 Å². The Bertz CT molecular complexity index is 1110. The SMILES string of the molecule is CCCCCCCC/C=C\CCCCCCCCOCC(COC1OC(COC2OC(CO)C(O)C(O)C2O)C(O)C(O)C1O)OC(=O)CCCCCCCCCCCCCCCC. The van der Waals surface area contributed by atoms with Crippen molar-refractivity contribution in [2.45, 2.75) is 268 Å². The van der Waals surface area contributed by atoms with Crippen molar-refractivity contribution in [3.8, 4) is 0 Å². The molecule has 0 aromatic heterocycles. The molecule has 64 heavy (non-hydrogen) atoms. The van der Waals surface area contributed by atoms with Crippen LogP contribution < -0.4 is 0 Å². The molecule has 11 atom stereocenters. The summed E-state index contributed by atoms with van der Waals surface area (Å²) in [6.07, 6.45) is 22.7. The smallest absolute Gasteiger partial charge is 0.306 e. The molecule has 0 saturated carbocycles. The molecule has 2 heterocycles. The van der Waals surface area contributed by atoms with Crippen LogP contribution in [0.4, 0.5) is 0 Å². The van der Waals surface area contributed by atoms with Crippen molar-refractivity contribution in [2.75, 3.05) is 33.0 Å². The number of unbranched alkanes of at least 4 members (excludes halogenated alkanes) is 25. The quantitative estimate of drug-likeness (QED) is 0.0180.